The molecule has 0 radical (unpaired) electrons. The second-order valence-corrected chi connectivity index (χ2v) is 7.30. The van der Waals surface area contributed by atoms with Crippen LogP contribution in [0.1, 0.15) is 58.3 Å². The Morgan fingerprint density at radius 2 is 1.95 bits per heavy atom. The Morgan fingerprint density at radius 1 is 1.29 bits per heavy atom. The van der Waals surface area contributed by atoms with Crippen molar-refractivity contribution >= 4 is 5.97 Å². The highest BCUT2D eigenvalue weighted by Gasteiger charge is 2.47. The molecular weight excluding hydrogens is 264 g/mol. The zero-order valence-corrected chi connectivity index (χ0v) is 13.9. The molecule has 0 bridgehead atoms. The minimum absolute atomic E-state index is 0.268. The lowest BCUT2D eigenvalue weighted by molar-refractivity contribution is -0.146. The second-order valence-electron chi connectivity index (χ2n) is 7.30. The van der Waals surface area contributed by atoms with E-state index in [1.807, 2.05) is 0 Å². The third-order valence-corrected chi connectivity index (χ3v) is 6.09. The van der Waals surface area contributed by atoms with Crippen molar-refractivity contribution in [3.05, 3.63) is 0 Å². The third kappa shape index (κ3) is 3.59. The Labute approximate surface area is 129 Å². The molecule has 2 aliphatic rings. The van der Waals surface area contributed by atoms with Crippen LogP contribution in [0.3, 0.4) is 0 Å². The predicted molar refractivity (Wildman–Crippen MR) is 85.4 cm³/mol. The van der Waals surface area contributed by atoms with Crippen molar-refractivity contribution in [3.8, 4) is 0 Å². The molecule has 2 saturated carbocycles. The molecule has 0 aliphatic heterocycles. The minimum Gasteiger partial charge on any atom is -0.480 e. The first kappa shape index (κ1) is 16.8. The summed E-state index contributed by atoms with van der Waals surface area (Å²) in [4.78, 5) is 14.1. The number of hydrogen-bond donors (Lipinski definition) is 2. The van der Waals surface area contributed by atoms with Gasteiger partial charge in [0, 0.05) is 6.04 Å². The third-order valence-electron chi connectivity index (χ3n) is 6.09. The van der Waals surface area contributed by atoms with Crippen LogP contribution in [-0.4, -0.2) is 48.2 Å². The summed E-state index contributed by atoms with van der Waals surface area (Å²) in [5.41, 5.74) is -0.679. The summed E-state index contributed by atoms with van der Waals surface area (Å²) in [7, 11) is 4.02. The van der Waals surface area contributed by atoms with Crippen molar-refractivity contribution in [1.82, 2.24) is 10.2 Å². The molecule has 0 heterocycles. The summed E-state index contributed by atoms with van der Waals surface area (Å²) in [5, 5.41) is 12.7. The van der Waals surface area contributed by atoms with Crippen LogP contribution in [0.25, 0.3) is 0 Å². The lowest BCUT2D eigenvalue weighted by Crippen LogP contribution is -2.53. The fourth-order valence-corrected chi connectivity index (χ4v) is 4.41. The van der Waals surface area contributed by atoms with Crippen molar-refractivity contribution in [3.63, 3.8) is 0 Å². The van der Waals surface area contributed by atoms with Gasteiger partial charge in [-0.05, 0) is 77.4 Å². The van der Waals surface area contributed by atoms with Crippen LogP contribution in [0.15, 0.2) is 0 Å². The van der Waals surface area contributed by atoms with Crippen LogP contribution in [-0.2, 0) is 4.79 Å². The molecule has 122 valence electrons. The van der Waals surface area contributed by atoms with Gasteiger partial charge in [0.1, 0.15) is 5.54 Å². The smallest absolute Gasteiger partial charge is 0.324 e. The highest BCUT2D eigenvalue weighted by molar-refractivity contribution is 5.79. The van der Waals surface area contributed by atoms with Crippen molar-refractivity contribution in [2.45, 2.75) is 69.9 Å². The van der Waals surface area contributed by atoms with Crippen LogP contribution < -0.4 is 5.32 Å². The van der Waals surface area contributed by atoms with Crippen LogP contribution in [0, 0.1) is 11.8 Å². The molecule has 2 N–H and O–H groups in total. The fourth-order valence-electron chi connectivity index (χ4n) is 4.41. The number of carbonyl (C=O) groups is 1. The topological polar surface area (TPSA) is 52.6 Å². The Balaban J connectivity index is 1.85. The van der Waals surface area contributed by atoms with Gasteiger partial charge in [-0.2, -0.15) is 0 Å². The molecule has 2 fully saturated rings. The van der Waals surface area contributed by atoms with E-state index in [4.69, 9.17) is 0 Å². The molecule has 4 heteroatoms. The minimum atomic E-state index is -0.679. The van der Waals surface area contributed by atoms with Gasteiger partial charge in [-0.25, -0.2) is 0 Å². The van der Waals surface area contributed by atoms with E-state index in [0.717, 1.165) is 38.1 Å². The van der Waals surface area contributed by atoms with Gasteiger partial charge in [0.25, 0.3) is 0 Å². The van der Waals surface area contributed by atoms with Crippen LogP contribution in [0.2, 0.25) is 0 Å². The van der Waals surface area contributed by atoms with Gasteiger partial charge in [0.15, 0.2) is 0 Å². The Kier molecular flexibility index (Phi) is 5.67. The van der Waals surface area contributed by atoms with Gasteiger partial charge >= 0.3 is 5.97 Å². The van der Waals surface area contributed by atoms with E-state index < -0.39 is 11.5 Å². The first-order valence-corrected chi connectivity index (χ1v) is 8.62. The second kappa shape index (κ2) is 7.10. The number of carboxylic acid groups (broad SMARTS) is 1. The average Bonchev–Trinajstić information content (AvgIpc) is 2.89. The van der Waals surface area contributed by atoms with Crippen molar-refractivity contribution in [1.29, 1.82) is 0 Å². The van der Waals surface area contributed by atoms with Crippen molar-refractivity contribution in [2.75, 3.05) is 20.6 Å². The summed E-state index contributed by atoms with van der Waals surface area (Å²) in [6, 6.07) is 0.705. The molecule has 0 aromatic carbocycles. The zero-order valence-electron chi connectivity index (χ0n) is 13.9. The molecule has 4 nitrogen and oxygen atoms in total. The summed E-state index contributed by atoms with van der Waals surface area (Å²) < 4.78 is 0. The van der Waals surface area contributed by atoms with E-state index in [1.54, 1.807) is 7.05 Å². The number of rotatable bonds is 6. The SMILES string of the molecule is CNC1(C(=O)O)CCCC1CCN(C)C1CCC(C)CC1. The first-order chi connectivity index (χ1) is 9.99. The van der Waals surface area contributed by atoms with E-state index >= 15 is 0 Å². The Bertz CT molecular complexity index is 353. The molecule has 0 spiro atoms. The number of carboxylic acids is 1. The van der Waals surface area contributed by atoms with E-state index in [-0.39, 0.29) is 5.92 Å². The van der Waals surface area contributed by atoms with E-state index in [2.05, 4.69) is 24.2 Å². The van der Waals surface area contributed by atoms with Gasteiger partial charge < -0.3 is 15.3 Å². The summed E-state index contributed by atoms with van der Waals surface area (Å²) in [5.74, 6) is 0.486. The maximum atomic E-state index is 11.7. The number of aliphatic carboxylic acids is 1. The summed E-state index contributed by atoms with van der Waals surface area (Å²) >= 11 is 0. The highest BCUT2D eigenvalue weighted by atomic mass is 16.4. The molecule has 0 aromatic rings. The van der Waals surface area contributed by atoms with Gasteiger partial charge in [-0.3, -0.25) is 4.79 Å². The molecule has 2 unspecified atom stereocenters. The van der Waals surface area contributed by atoms with Crippen LogP contribution >= 0.6 is 0 Å². The van der Waals surface area contributed by atoms with Crippen molar-refractivity contribution in [2.24, 2.45) is 11.8 Å². The normalized spacial score (nSPS) is 37.0. The number of likely N-dealkylation sites (N-methyl/N-ethyl adjacent to an activating group) is 1. The lowest BCUT2D eigenvalue weighted by atomic mass is 9.83. The molecule has 0 aromatic heterocycles. The number of hydrogen-bond acceptors (Lipinski definition) is 3. The van der Waals surface area contributed by atoms with E-state index in [0.29, 0.717) is 6.04 Å². The monoisotopic (exact) mass is 296 g/mol. The molecular formula is C17H32N2O2. The standard InChI is InChI=1S/C17H32N2O2/c1-13-6-8-15(9-7-13)19(3)12-10-14-5-4-11-17(14,18-2)16(20)21/h13-15,18H,4-12H2,1-3H3,(H,20,21). The number of nitrogens with one attached hydrogen (secondary N) is 1. The maximum absolute atomic E-state index is 11.7. The Morgan fingerprint density at radius 3 is 2.52 bits per heavy atom. The first-order valence-electron chi connectivity index (χ1n) is 8.62. The molecule has 2 atom stereocenters. The Hall–Kier alpha value is -0.610. The maximum Gasteiger partial charge on any atom is 0.324 e. The van der Waals surface area contributed by atoms with Crippen LogP contribution in [0.5, 0.6) is 0 Å². The molecule has 0 amide bonds. The van der Waals surface area contributed by atoms with Gasteiger partial charge in [0.05, 0.1) is 0 Å². The van der Waals surface area contributed by atoms with Crippen molar-refractivity contribution < 1.29 is 9.90 Å². The molecule has 21 heavy (non-hydrogen) atoms. The van der Waals surface area contributed by atoms with Gasteiger partial charge in [-0.1, -0.05) is 13.3 Å². The molecule has 2 aliphatic carbocycles. The fraction of sp³-hybridized carbons (Fsp3) is 0.941. The van der Waals surface area contributed by atoms with E-state index in [1.165, 1.54) is 25.7 Å². The zero-order chi connectivity index (χ0) is 15.5. The largest absolute Gasteiger partial charge is 0.480 e. The summed E-state index contributed by atoms with van der Waals surface area (Å²) in [6.07, 6.45) is 9.13. The van der Waals surface area contributed by atoms with E-state index in [9.17, 15) is 9.90 Å². The highest BCUT2D eigenvalue weighted by Crippen LogP contribution is 2.38. The summed E-state index contributed by atoms with van der Waals surface area (Å²) in [6.45, 7) is 3.38. The lowest BCUT2D eigenvalue weighted by Gasteiger charge is -2.36. The average molecular weight is 296 g/mol. The van der Waals surface area contributed by atoms with Gasteiger partial charge in [0.2, 0.25) is 0 Å². The molecule has 2 rings (SSSR count). The predicted octanol–water partition coefficient (Wildman–Crippen LogP) is 2.73. The quantitative estimate of drug-likeness (QED) is 0.791. The van der Waals surface area contributed by atoms with Crippen LogP contribution in [0.4, 0.5) is 0 Å². The molecule has 0 saturated heterocycles. The van der Waals surface area contributed by atoms with Gasteiger partial charge in [-0.15, -0.1) is 0 Å². The number of nitrogens with zero attached hydrogens (tertiary/aromatic N) is 1.